The smallest absolute Gasteiger partial charge is 0.245 e. The van der Waals surface area contributed by atoms with E-state index in [0.29, 0.717) is 24.1 Å². The zero-order valence-electron chi connectivity index (χ0n) is 11.4. The molecular formula is C12H18N6O. The third kappa shape index (κ3) is 3.90. The first kappa shape index (κ1) is 13.3. The Labute approximate surface area is 111 Å². The molecule has 2 aromatic rings. The maximum Gasteiger partial charge on any atom is 0.245 e. The summed E-state index contributed by atoms with van der Waals surface area (Å²) in [7, 11) is 0. The minimum absolute atomic E-state index is 0.449. The number of aryl methyl sites for hydroxylation is 2. The van der Waals surface area contributed by atoms with Crippen LogP contribution in [0.1, 0.15) is 30.9 Å². The third-order valence-electron chi connectivity index (χ3n) is 2.38. The van der Waals surface area contributed by atoms with Gasteiger partial charge in [-0.3, -0.25) is 0 Å². The van der Waals surface area contributed by atoms with E-state index in [1.54, 1.807) is 6.92 Å². The molecule has 0 saturated heterocycles. The topological polar surface area (TPSA) is 88.8 Å². The quantitative estimate of drug-likeness (QED) is 0.821. The summed E-state index contributed by atoms with van der Waals surface area (Å²) in [6.45, 7) is 7.09. The summed E-state index contributed by atoms with van der Waals surface area (Å²) in [5.41, 5.74) is 0. The van der Waals surface area contributed by atoms with E-state index >= 15 is 0 Å². The van der Waals surface area contributed by atoms with Crippen molar-refractivity contribution in [2.75, 3.05) is 17.2 Å². The van der Waals surface area contributed by atoms with Gasteiger partial charge in [-0.25, -0.2) is 9.97 Å². The molecule has 0 aromatic carbocycles. The lowest BCUT2D eigenvalue weighted by Crippen LogP contribution is -2.07. The molecule has 0 unspecified atom stereocenters. The van der Waals surface area contributed by atoms with Crippen molar-refractivity contribution < 1.29 is 4.52 Å². The van der Waals surface area contributed by atoms with Gasteiger partial charge in [0.05, 0.1) is 6.54 Å². The van der Waals surface area contributed by atoms with Gasteiger partial charge in [-0.1, -0.05) is 12.1 Å². The van der Waals surface area contributed by atoms with Crippen LogP contribution in [0.25, 0.3) is 0 Å². The highest BCUT2D eigenvalue weighted by Gasteiger charge is 2.05. The molecule has 7 heteroatoms. The van der Waals surface area contributed by atoms with Crippen LogP contribution in [0.2, 0.25) is 0 Å². The van der Waals surface area contributed by atoms with Crippen LogP contribution in [0.15, 0.2) is 10.6 Å². The first-order chi connectivity index (χ1) is 9.17. The van der Waals surface area contributed by atoms with Crippen LogP contribution in [-0.2, 0) is 6.54 Å². The Balaban J connectivity index is 2.01. The van der Waals surface area contributed by atoms with Crippen molar-refractivity contribution in [1.29, 1.82) is 0 Å². The minimum atomic E-state index is 0.449. The Morgan fingerprint density at radius 1 is 1.05 bits per heavy atom. The summed E-state index contributed by atoms with van der Waals surface area (Å²) < 4.78 is 5.03. The second-order valence-corrected chi connectivity index (χ2v) is 4.20. The summed E-state index contributed by atoms with van der Waals surface area (Å²) in [4.78, 5) is 12.7. The molecule has 0 bridgehead atoms. The fraction of sp³-hybridized carbons (Fsp3) is 0.500. The van der Waals surface area contributed by atoms with Crippen LogP contribution >= 0.6 is 0 Å². The highest BCUT2D eigenvalue weighted by atomic mass is 16.5. The van der Waals surface area contributed by atoms with Crippen molar-refractivity contribution in [3.63, 3.8) is 0 Å². The SMILES string of the molecule is CCCNc1cc(NCc2nc(C)no2)nc(C)n1. The van der Waals surface area contributed by atoms with Crippen LogP contribution in [0.5, 0.6) is 0 Å². The summed E-state index contributed by atoms with van der Waals surface area (Å²) in [5.74, 6) is 3.43. The van der Waals surface area contributed by atoms with Crippen molar-refractivity contribution >= 4 is 11.6 Å². The number of anilines is 2. The van der Waals surface area contributed by atoms with Gasteiger partial charge in [-0.05, 0) is 20.3 Å². The number of hydrogen-bond donors (Lipinski definition) is 2. The standard InChI is InChI=1S/C12H18N6O/c1-4-5-13-10-6-11(16-8(2)15-10)14-7-12-17-9(3)18-19-12/h6H,4-5,7H2,1-3H3,(H2,13,14,15,16). The number of hydrogen-bond acceptors (Lipinski definition) is 7. The van der Waals surface area contributed by atoms with Gasteiger partial charge in [0.1, 0.15) is 17.5 Å². The molecule has 2 heterocycles. The van der Waals surface area contributed by atoms with Gasteiger partial charge in [0.15, 0.2) is 5.82 Å². The van der Waals surface area contributed by atoms with E-state index in [4.69, 9.17) is 4.52 Å². The second-order valence-electron chi connectivity index (χ2n) is 4.20. The molecule has 2 rings (SSSR count). The Kier molecular flexibility index (Phi) is 4.27. The predicted molar refractivity (Wildman–Crippen MR) is 71.9 cm³/mol. The van der Waals surface area contributed by atoms with Crippen molar-refractivity contribution in [2.24, 2.45) is 0 Å². The van der Waals surface area contributed by atoms with Gasteiger partial charge in [0.25, 0.3) is 0 Å². The van der Waals surface area contributed by atoms with E-state index in [-0.39, 0.29) is 0 Å². The van der Waals surface area contributed by atoms with Gasteiger partial charge in [0, 0.05) is 12.6 Å². The largest absolute Gasteiger partial charge is 0.370 e. The van der Waals surface area contributed by atoms with Crippen molar-refractivity contribution in [3.05, 3.63) is 23.6 Å². The fourth-order valence-corrected chi connectivity index (χ4v) is 1.58. The van der Waals surface area contributed by atoms with E-state index in [1.807, 2.05) is 13.0 Å². The maximum atomic E-state index is 5.03. The molecule has 0 amide bonds. The molecule has 0 aliphatic rings. The van der Waals surface area contributed by atoms with Crippen molar-refractivity contribution in [2.45, 2.75) is 33.7 Å². The summed E-state index contributed by atoms with van der Waals surface area (Å²) >= 11 is 0. The van der Waals surface area contributed by atoms with Crippen LogP contribution < -0.4 is 10.6 Å². The summed E-state index contributed by atoms with van der Waals surface area (Å²) in [5, 5.41) is 10.1. The van der Waals surface area contributed by atoms with Gasteiger partial charge in [0.2, 0.25) is 5.89 Å². The second kappa shape index (κ2) is 6.12. The lowest BCUT2D eigenvalue weighted by molar-refractivity contribution is 0.379. The van der Waals surface area contributed by atoms with Crippen LogP contribution in [0.4, 0.5) is 11.6 Å². The highest BCUT2D eigenvalue weighted by molar-refractivity contribution is 5.47. The molecule has 0 spiro atoms. The van der Waals surface area contributed by atoms with E-state index in [2.05, 4.69) is 37.7 Å². The zero-order chi connectivity index (χ0) is 13.7. The summed E-state index contributed by atoms with van der Waals surface area (Å²) in [6, 6.07) is 1.87. The minimum Gasteiger partial charge on any atom is -0.370 e. The van der Waals surface area contributed by atoms with Gasteiger partial charge < -0.3 is 15.2 Å². The molecule has 102 valence electrons. The lowest BCUT2D eigenvalue weighted by atomic mass is 10.4. The molecular weight excluding hydrogens is 244 g/mol. The van der Waals surface area contributed by atoms with E-state index in [1.165, 1.54) is 0 Å². The van der Waals surface area contributed by atoms with E-state index in [0.717, 1.165) is 24.6 Å². The van der Waals surface area contributed by atoms with Crippen LogP contribution in [0.3, 0.4) is 0 Å². The number of nitrogens with zero attached hydrogens (tertiary/aromatic N) is 4. The van der Waals surface area contributed by atoms with Crippen LogP contribution in [0, 0.1) is 13.8 Å². The Morgan fingerprint density at radius 3 is 2.42 bits per heavy atom. The molecule has 0 aliphatic carbocycles. The molecule has 2 aromatic heterocycles. The average molecular weight is 262 g/mol. The maximum absolute atomic E-state index is 5.03. The molecule has 0 atom stereocenters. The van der Waals surface area contributed by atoms with Crippen molar-refractivity contribution in [3.8, 4) is 0 Å². The molecule has 2 N–H and O–H groups in total. The summed E-state index contributed by atoms with van der Waals surface area (Å²) in [6.07, 6.45) is 1.05. The first-order valence-electron chi connectivity index (χ1n) is 6.30. The predicted octanol–water partition coefficient (Wildman–Crippen LogP) is 1.91. The molecule has 7 nitrogen and oxygen atoms in total. The monoisotopic (exact) mass is 262 g/mol. The first-order valence-corrected chi connectivity index (χ1v) is 6.30. The Hall–Kier alpha value is -2.18. The van der Waals surface area contributed by atoms with Crippen molar-refractivity contribution in [1.82, 2.24) is 20.1 Å². The average Bonchev–Trinajstić information content (AvgIpc) is 2.79. The normalized spacial score (nSPS) is 10.5. The molecule has 0 aliphatic heterocycles. The van der Waals surface area contributed by atoms with E-state index < -0.39 is 0 Å². The zero-order valence-corrected chi connectivity index (χ0v) is 11.4. The lowest BCUT2D eigenvalue weighted by Gasteiger charge is -2.08. The Bertz CT molecular complexity index is 539. The number of nitrogens with one attached hydrogen (secondary N) is 2. The van der Waals surface area contributed by atoms with Gasteiger partial charge >= 0.3 is 0 Å². The molecule has 19 heavy (non-hydrogen) atoms. The Morgan fingerprint density at radius 2 is 1.79 bits per heavy atom. The molecule has 0 saturated carbocycles. The molecule has 0 radical (unpaired) electrons. The number of aromatic nitrogens is 4. The van der Waals surface area contributed by atoms with Crippen LogP contribution in [-0.4, -0.2) is 26.7 Å². The van der Waals surface area contributed by atoms with Gasteiger partial charge in [-0.15, -0.1) is 0 Å². The highest BCUT2D eigenvalue weighted by Crippen LogP contribution is 2.12. The molecule has 0 fully saturated rings. The van der Waals surface area contributed by atoms with Gasteiger partial charge in [-0.2, -0.15) is 4.98 Å². The fourth-order valence-electron chi connectivity index (χ4n) is 1.58. The van der Waals surface area contributed by atoms with E-state index in [9.17, 15) is 0 Å². The third-order valence-corrected chi connectivity index (χ3v) is 2.38. The number of rotatable bonds is 6.